The summed E-state index contributed by atoms with van der Waals surface area (Å²) < 4.78 is 69.5. The van der Waals surface area contributed by atoms with Crippen LogP contribution in [0.4, 0.5) is 26.3 Å². The number of benzene rings is 2. The van der Waals surface area contributed by atoms with E-state index < -0.39 is 36.2 Å². The molecule has 0 aliphatic carbocycles. The zero-order valence-corrected chi connectivity index (χ0v) is 26.2. The highest BCUT2D eigenvalue weighted by atomic mass is 35.5. The van der Waals surface area contributed by atoms with Crippen molar-refractivity contribution in [2.75, 3.05) is 6.54 Å². The minimum absolute atomic E-state index is 0.105. The van der Waals surface area contributed by atoms with Crippen LogP contribution in [0.3, 0.4) is 0 Å². The Hall–Kier alpha value is -4.64. The van der Waals surface area contributed by atoms with Gasteiger partial charge in [-0.15, -0.1) is 0 Å². The molecule has 4 rings (SSSR count). The fourth-order valence-corrected chi connectivity index (χ4v) is 4.82. The second kappa shape index (κ2) is 16.5. The van der Waals surface area contributed by atoms with Crippen LogP contribution in [0, 0.1) is 12.8 Å². The number of alkyl halides is 6. The number of nitrogens with one attached hydrogen (secondary N) is 1. The summed E-state index contributed by atoms with van der Waals surface area (Å²) in [4.78, 5) is 49.1. The number of hydroxylamine groups is 1. The number of aromatic nitrogens is 1. The lowest BCUT2D eigenvalue weighted by Crippen LogP contribution is -2.50. The smallest absolute Gasteiger partial charge is 0.489 e. The van der Waals surface area contributed by atoms with E-state index in [2.05, 4.69) is 4.98 Å². The first kappa shape index (κ1) is 39.5. The molecule has 4 N–H and O–H groups in total. The number of pyridine rings is 1. The Morgan fingerprint density at radius 3 is 2.02 bits per heavy atom. The SMILES string of the molecule is Cc1cc(COc2ccc(C3CCN(C(C(=O)NO)C(C)C)C3=O)cc2)c2cc(Cl)ccc2n1.O=C(O)C(F)(F)F.O=C(O)C(F)(F)F. The van der Waals surface area contributed by atoms with E-state index in [9.17, 15) is 35.9 Å². The van der Waals surface area contributed by atoms with Gasteiger partial charge < -0.3 is 19.8 Å². The summed E-state index contributed by atoms with van der Waals surface area (Å²) in [7, 11) is 0. The summed E-state index contributed by atoms with van der Waals surface area (Å²) in [5, 5.41) is 24.9. The van der Waals surface area contributed by atoms with Crippen LogP contribution in [-0.2, 0) is 25.8 Å². The second-order valence-electron chi connectivity index (χ2n) is 10.6. The van der Waals surface area contributed by atoms with E-state index in [4.69, 9.17) is 41.3 Å². The van der Waals surface area contributed by atoms with Gasteiger partial charge in [0.2, 0.25) is 5.91 Å². The Bertz CT molecular complexity index is 1590. The standard InChI is InChI=1S/C26H28ClN3O4.2C2HF3O2/c1-15(2)24(25(31)29-33)30-11-10-21(26(30)32)17-4-7-20(8-5-17)34-14-18-12-16(3)28-23-9-6-19(27)13-22(18)23;2*3-2(4,5)1(6)7/h4-9,12-13,15,21,24,33H,10-11,14H2,1-3H3,(H,29,31);2*(H,6,7). The minimum atomic E-state index is -5.08. The third-order valence-corrected chi connectivity index (χ3v) is 6.97. The van der Waals surface area contributed by atoms with Gasteiger partial charge in [-0.1, -0.05) is 37.6 Å². The van der Waals surface area contributed by atoms with Crippen molar-refractivity contribution in [3.63, 3.8) is 0 Å². The number of likely N-dealkylation sites (tertiary alicyclic amines) is 1. The van der Waals surface area contributed by atoms with Crippen molar-refractivity contribution in [3.8, 4) is 5.75 Å². The molecule has 0 saturated carbocycles. The number of carbonyl (C=O) groups is 4. The lowest BCUT2D eigenvalue weighted by atomic mass is 9.97. The van der Waals surface area contributed by atoms with Gasteiger partial charge in [-0.3, -0.25) is 19.8 Å². The molecular formula is C30H30ClF6N3O8. The minimum Gasteiger partial charge on any atom is -0.489 e. The molecule has 0 bridgehead atoms. The molecule has 48 heavy (non-hydrogen) atoms. The normalized spacial score (nSPS) is 15.2. The van der Waals surface area contributed by atoms with Crippen LogP contribution in [-0.4, -0.2) is 74.0 Å². The third-order valence-electron chi connectivity index (χ3n) is 6.73. The summed E-state index contributed by atoms with van der Waals surface area (Å²) in [6.45, 7) is 6.49. The number of carboxylic acids is 2. The fraction of sp³-hybridized carbons (Fsp3) is 0.367. The van der Waals surface area contributed by atoms with E-state index in [1.165, 1.54) is 0 Å². The first-order valence-electron chi connectivity index (χ1n) is 13.8. The van der Waals surface area contributed by atoms with Gasteiger partial charge in [0, 0.05) is 28.2 Å². The van der Waals surface area contributed by atoms with Crippen molar-refractivity contribution in [1.82, 2.24) is 15.4 Å². The molecule has 2 unspecified atom stereocenters. The van der Waals surface area contributed by atoms with Crippen LogP contribution in [0.5, 0.6) is 5.75 Å². The number of hydrogen-bond donors (Lipinski definition) is 4. The fourth-order valence-electron chi connectivity index (χ4n) is 4.65. The van der Waals surface area contributed by atoms with E-state index in [-0.39, 0.29) is 17.7 Å². The summed E-state index contributed by atoms with van der Waals surface area (Å²) in [5.74, 6) is -5.93. The number of halogens is 7. The molecule has 2 amide bonds. The summed E-state index contributed by atoms with van der Waals surface area (Å²) in [6.07, 6.45) is -9.55. The largest absolute Gasteiger partial charge is 0.490 e. The van der Waals surface area contributed by atoms with Crippen LogP contribution >= 0.6 is 11.6 Å². The molecular weight excluding hydrogens is 680 g/mol. The predicted molar refractivity (Wildman–Crippen MR) is 157 cm³/mol. The molecule has 0 radical (unpaired) electrons. The van der Waals surface area contributed by atoms with Crippen LogP contribution in [0.25, 0.3) is 10.9 Å². The number of carbonyl (C=O) groups excluding carboxylic acids is 2. The Balaban J connectivity index is 0.000000479. The van der Waals surface area contributed by atoms with Crippen molar-refractivity contribution in [1.29, 1.82) is 0 Å². The molecule has 1 fully saturated rings. The van der Waals surface area contributed by atoms with Gasteiger partial charge in [-0.25, -0.2) is 15.1 Å². The van der Waals surface area contributed by atoms with Crippen molar-refractivity contribution in [2.45, 2.75) is 58.1 Å². The number of hydrogen-bond acceptors (Lipinski definition) is 7. The third kappa shape index (κ3) is 11.0. The predicted octanol–water partition coefficient (Wildman–Crippen LogP) is 5.89. The molecule has 1 saturated heterocycles. The van der Waals surface area contributed by atoms with E-state index in [1.807, 2.05) is 69.3 Å². The highest BCUT2D eigenvalue weighted by molar-refractivity contribution is 6.31. The number of aryl methyl sites for hydroxylation is 1. The van der Waals surface area contributed by atoms with Crippen molar-refractivity contribution in [2.24, 2.45) is 5.92 Å². The summed E-state index contributed by atoms with van der Waals surface area (Å²) in [5.41, 5.74) is 5.34. The molecule has 1 aliphatic heterocycles. The van der Waals surface area contributed by atoms with Crippen molar-refractivity contribution < 1.29 is 65.7 Å². The maximum atomic E-state index is 13.1. The first-order chi connectivity index (χ1) is 22.2. The molecule has 2 heterocycles. The average molecular weight is 710 g/mol. The number of ether oxygens (including phenoxy) is 1. The van der Waals surface area contributed by atoms with Crippen molar-refractivity contribution in [3.05, 3.63) is 70.4 Å². The van der Waals surface area contributed by atoms with Gasteiger partial charge in [-0.2, -0.15) is 26.3 Å². The van der Waals surface area contributed by atoms with E-state index in [1.54, 1.807) is 10.4 Å². The van der Waals surface area contributed by atoms with Crippen LogP contribution < -0.4 is 10.2 Å². The van der Waals surface area contributed by atoms with Crippen LogP contribution in [0.2, 0.25) is 5.02 Å². The van der Waals surface area contributed by atoms with Gasteiger partial charge in [0.05, 0.1) is 11.4 Å². The average Bonchev–Trinajstić information content (AvgIpc) is 3.36. The number of nitrogens with zero attached hydrogens (tertiary/aromatic N) is 2. The maximum Gasteiger partial charge on any atom is 0.490 e. The number of rotatable bonds is 7. The molecule has 18 heteroatoms. The number of fused-ring (bicyclic) bond motifs is 1. The summed E-state index contributed by atoms with van der Waals surface area (Å²) in [6, 6.07) is 14.4. The highest BCUT2D eigenvalue weighted by Crippen LogP contribution is 2.33. The van der Waals surface area contributed by atoms with Crippen LogP contribution in [0.1, 0.15) is 43.0 Å². The molecule has 11 nitrogen and oxygen atoms in total. The lowest BCUT2D eigenvalue weighted by molar-refractivity contribution is -0.193. The highest BCUT2D eigenvalue weighted by Gasteiger charge is 2.41. The van der Waals surface area contributed by atoms with Gasteiger partial charge in [-0.05, 0) is 61.2 Å². The van der Waals surface area contributed by atoms with E-state index >= 15 is 0 Å². The molecule has 2 aromatic carbocycles. The molecule has 1 aromatic heterocycles. The van der Waals surface area contributed by atoms with Gasteiger partial charge in [0.25, 0.3) is 5.91 Å². The Morgan fingerprint density at radius 2 is 1.54 bits per heavy atom. The molecule has 0 spiro atoms. The van der Waals surface area contributed by atoms with E-state index in [0.29, 0.717) is 30.3 Å². The van der Waals surface area contributed by atoms with Gasteiger partial charge in [0.15, 0.2) is 0 Å². The zero-order chi connectivity index (χ0) is 36.6. The monoisotopic (exact) mass is 709 g/mol. The second-order valence-corrected chi connectivity index (χ2v) is 11.0. The topological polar surface area (TPSA) is 166 Å². The Kier molecular flexibility index (Phi) is 13.6. The molecule has 3 aromatic rings. The zero-order valence-electron chi connectivity index (χ0n) is 25.4. The summed E-state index contributed by atoms with van der Waals surface area (Å²) >= 11 is 6.18. The van der Waals surface area contributed by atoms with Gasteiger partial charge in [0.1, 0.15) is 18.4 Å². The molecule has 262 valence electrons. The quantitative estimate of drug-likeness (QED) is 0.133. The maximum absolute atomic E-state index is 13.1. The van der Waals surface area contributed by atoms with Crippen molar-refractivity contribution >= 4 is 46.3 Å². The number of carboxylic acid groups (broad SMARTS) is 2. The lowest BCUT2D eigenvalue weighted by Gasteiger charge is -2.29. The molecule has 1 aliphatic rings. The van der Waals surface area contributed by atoms with Crippen LogP contribution in [0.15, 0.2) is 48.5 Å². The molecule has 2 atom stereocenters. The number of aliphatic carboxylic acids is 2. The van der Waals surface area contributed by atoms with Gasteiger partial charge >= 0.3 is 24.3 Å². The Labute approximate surface area is 274 Å². The Morgan fingerprint density at radius 1 is 1.00 bits per heavy atom. The first-order valence-corrected chi connectivity index (χ1v) is 14.2. The number of amides is 2. The van der Waals surface area contributed by atoms with E-state index in [0.717, 1.165) is 27.7 Å².